The van der Waals surface area contributed by atoms with E-state index in [-0.39, 0.29) is 5.91 Å². The molecule has 43 heavy (non-hydrogen) atoms. The normalized spacial score (nSPS) is 11.1. The first-order chi connectivity index (χ1) is 21.1. The molecule has 5 aromatic carbocycles. The lowest BCUT2D eigenvalue weighted by Crippen LogP contribution is -2.33. The zero-order chi connectivity index (χ0) is 29.9. The number of nitrogens with one attached hydrogen (secondary N) is 2. The molecule has 214 valence electrons. The van der Waals surface area contributed by atoms with Crippen LogP contribution in [0.1, 0.15) is 28.3 Å². The van der Waals surface area contributed by atoms with Gasteiger partial charge in [-0.3, -0.25) is 4.79 Å². The molecular weight excluding hydrogens is 538 g/mol. The van der Waals surface area contributed by atoms with Crippen molar-refractivity contribution in [1.82, 2.24) is 5.32 Å². The molecule has 0 aromatic heterocycles. The summed E-state index contributed by atoms with van der Waals surface area (Å²) in [6, 6.07) is 40.8. The topological polar surface area (TPSA) is 92.6 Å². The Balaban J connectivity index is 1.32. The van der Waals surface area contributed by atoms with Crippen LogP contribution < -0.4 is 24.8 Å². The largest absolute Gasteiger partial charge is 0.493 e. The third kappa shape index (κ3) is 7.93. The number of hydrogen-bond acceptors (Lipinski definition) is 6. The first-order valence-corrected chi connectivity index (χ1v) is 13.8. The van der Waals surface area contributed by atoms with Crippen molar-refractivity contribution in [1.29, 1.82) is 5.26 Å². The lowest BCUT2D eigenvalue weighted by Gasteiger charge is -2.21. The number of para-hydroxylation sites is 1. The van der Waals surface area contributed by atoms with Crippen LogP contribution in [0.25, 0.3) is 0 Å². The lowest BCUT2D eigenvalue weighted by molar-refractivity contribution is -0.122. The van der Waals surface area contributed by atoms with Crippen LogP contribution in [0.3, 0.4) is 0 Å². The van der Waals surface area contributed by atoms with Crippen LogP contribution in [-0.4, -0.2) is 13.0 Å². The van der Waals surface area contributed by atoms with Gasteiger partial charge in [0, 0.05) is 12.2 Å². The molecule has 0 fully saturated rings. The highest BCUT2D eigenvalue weighted by Crippen LogP contribution is 2.33. The summed E-state index contributed by atoms with van der Waals surface area (Å²) < 4.78 is 17.8. The van der Waals surface area contributed by atoms with Crippen molar-refractivity contribution >= 4 is 11.6 Å². The molecule has 0 aliphatic heterocycles. The van der Waals surface area contributed by atoms with Gasteiger partial charge in [0.1, 0.15) is 24.1 Å². The summed E-state index contributed by atoms with van der Waals surface area (Å²) in [5.41, 5.74) is 3.86. The minimum absolute atomic E-state index is 0.209. The highest BCUT2D eigenvalue weighted by Gasteiger charge is 2.22. The van der Waals surface area contributed by atoms with Crippen LogP contribution in [0.15, 0.2) is 127 Å². The van der Waals surface area contributed by atoms with Gasteiger partial charge in [0.15, 0.2) is 11.5 Å². The van der Waals surface area contributed by atoms with E-state index >= 15 is 0 Å². The van der Waals surface area contributed by atoms with Crippen LogP contribution in [0.2, 0.25) is 0 Å². The number of rotatable bonds is 12. The quantitative estimate of drug-likeness (QED) is 0.163. The number of carbonyl (C=O) groups excluding carboxylic acids is 1. The Hall–Kier alpha value is -5.74. The van der Waals surface area contributed by atoms with Crippen molar-refractivity contribution in [2.75, 3.05) is 12.4 Å². The first-order valence-electron chi connectivity index (χ1n) is 13.8. The number of nitriles is 1. The molecular formula is C36H31N3O4. The monoisotopic (exact) mass is 569 g/mol. The third-order valence-electron chi connectivity index (χ3n) is 6.69. The van der Waals surface area contributed by atoms with Crippen molar-refractivity contribution in [2.24, 2.45) is 0 Å². The van der Waals surface area contributed by atoms with Crippen molar-refractivity contribution in [3.8, 4) is 29.1 Å². The number of amides is 1. The van der Waals surface area contributed by atoms with Gasteiger partial charge < -0.3 is 24.8 Å². The van der Waals surface area contributed by atoms with Gasteiger partial charge >= 0.3 is 0 Å². The highest BCUT2D eigenvalue weighted by molar-refractivity contribution is 5.86. The Morgan fingerprint density at radius 2 is 1.47 bits per heavy atom. The summed E-state index contributed by atoms with van der Waals surface area (Å²) in [5, 5.41) is 15.5. The molecule has 1 amide bonds. The van der Waals surface area contributed by atoms with Gasteiger partial charge in [0.25, 0.3) is 0 Å². The Labute approximate surface area is 251 Å². The fourth-order valence-corrected chi connectivity index (χ4v) is 4.46. The van der Waals surface area contributed by atoms with Crippen LogP contribution >= 0.6 is 0 Å². The van der Waals surface area contributed by atoms with Gasteiger partial charge in [0.05, 0.1) is 18.7 Å². The summed E-state index contributed by atoms with van der Waals surface area (Å²) in [4.78, 5) is 13.5. The molecule has 1 unspecified atom stereocenters. The summed E-state index contributed by atoms with van der Waals surface area (Å²) in [6.45, 7) is 0.683. The summed E-state index contributed by atoms with van der Waals surface area (Å²) in [5.74, 6) is 2.31. The molecule has 0 saturated heterocycles. The summed E-state index contributed by atoms with van der Waals surface area (Å²) in [7, 11) is 1.57. The zero-order valence-corrected chi connectivity index (χ0v) is 23.7. The minimum Gasteiger partial charge on any atom is -0.493 e. The second kappa shape index (κ2) is 14.2. The number of nitrogens with zero attached hydrogens (tertiary/aromatic N) is 1. The Morgan fingerprint density at radius 3 is 2.19 bits per heavy atom. The number of methoxy groups -OCH3 is 1. The van der Waals surface area contributed by atoms with Crippen molar-refractivity contribution in [2.45, 2.75) is 19.2 Å². The van der Waals surface area contributed by atoms with E-state index in [1.54, 1.807) is 43.5 Å². The molecule has 0 saturated carbocycles. The van der Waals surface area contributed by atoms with E-state index in [1.807, 2.05) is 91.0 Å². The molecule has 2 N–H and O–H groups in total. The van der Waals surface area contributed by atoms with Crippen LogP contribution in [0.5, 0.6) is 23.0 Å². The van der Waals surface area contributed by atoms with E-state index < -0.39 is 6.04 Å². The molecule has 7 heteroatoms. The van der Waals surface area contributed by atoms with Crippen LogP contribution in [-0.2, 0) is 17.9 Å². The maximum Gasteiger partial charge on any atom is 0.247 e. The lowest BCUT2D eigenvalue weighted by atomic mass is 10.0. The van der Waals surface area contributed by atoms with Crippen molar-refractivity contribution in [3.05, 3.63) is 150 Å². The predicted molar refractivity (Wildman–Crippen MR) is 166 cm³/mol. The maximum absolute atomic E-state index is 13.5. The van der Waals surface area contributed by atoms with Gasteiger partial charge in [-0.25, -0.2) is 0 Å². The van der Waals surface area contributed by atoms with E-state index in [9.17, 15) is 4.79 Å². The van der Waals surface area contributed by atoms with Gasteiger partial charge in [-0.15, -0.1) is 0 Å². The SMILES string of the molecule is COc1cc(C(Nc2ccc(C#N)cc2)C(=O)NCc2ccccc2)ccc1OCc1cccc(Oc2ccccc2)c1. The van der Waals surface area contributed by atoms with Gasteiger partial charge in [-0.2, -0.15) is 5.26 Å². The number of hydrogen-bond donors (Lipinski definition) is 2. The molecule has 0 radical (unpaired) electrons. The number of benzene rings is 5. The highest BCUT2D eigenvalue weighted by atomic mass is 16.5. The third-order valence-corrected chi connectivity index (χ3v) is 6.69. The van der Waals surface area contributed by atoms with Gasteiger partial charge in [-0.05, 0) is 77.4 Å². The average molecular weight is 570 g/mol. The fourth-order valence-electron chi connectivity index (χ4n) is 4.46. The standard InChI is InChI=1S/C36H31N3O4/c1-41-34-22-29(17-20-33(34)42-25-28-11-8-14-32(21-28)43-31-12-6-3-7-13-31)35(39-30-18-15-26(23-37)16-19-30)36(40)38-24-27-9-4-2-5-10-27/h2-22,35,39H,24-25H2,1H3,(H,38,40). The van der Waals surface area contributed by atoms with E-state index in [4.69, 9.17) is 19.5 Å². The maximum atomic E-state index is 13.5. The van der Waals surface area contributed by atoms with Crippen molar-refractivity contribution < 1.29 is 19.0 Å². The summed E-state index contributed by atoms with van der Waals surface area (Å²) >= 11 is 0. The van der Waals surface area contributed by atoms with Crippen molar-refractivity contribution in [3.63, 3.8) is 0 Å². The van der Waals surface area contributed by atoms with E-state index in [0.717, 1.165) is 16.9 Å². The van der Waals surface area contributed by atoms with Crippen LogP contribution in [0.4, 0.5) is 5.69 Å². The Morgan fingerprint density at radius 1 is 0.767 bits per heavy atom. The molecule has 0 spiro atoms. The second-order valence-corrected chi connectivity index (χ2v) is 9.73. The smallest absolute Gasteiger partial charge is 0.247 e. The van der Waals surface area contributed by atoms with Gasteiger partial charge in [0.2, 0.25) is 5.91 Å². The number of anilines is 1. The number of carbonyl (C=O) groups is 1. The Bertz CT molecular complexity index is 1680. The average Bonchev–Trinajstić information content (AvgIpc) is 3.06. The van der Waals surface area contributed by atoms with E-state index in [0.29, 0.717) is 47.2 Å². The Kier molecular flexibility index (Phi) is 9.53. The molecule has 5 rings (SSSR count). The fraction of sp³-hybridized carbons (Fsp3) is 0.111. The molecule has 7 nitrogen and oxygen atoms in total. The summed E-state index contributed by atoms with van der Waals surface area (Å²) in [6.07, 6.45) is 0. The molecule has 0 aliphatic carbocycles. The zero-order valence-electron chi connectivity index (χ0n) is 23.7. The predicted octanol–water partition coefficient (Wildman–Crippen LogP) is 7.41. The van der Waals surface area contributed by atoms with Crippen LogP contribution in [0, 0.1) is 11.3 Å². The van der Waals surface area contributed by atoms with E-state index in [1.165, 1.54) is 0 Å². The first kappa shape index (κ1) is 28.8. The van der Waals surface area contributed by atoms with Gasteiger partial charge in [-0.1, -0.05) is 66.7 Å². The number of ether oxygens (including phenoxy) is 3. The minimum atomic E-state index is -0.730. The van der Waals surface area contributed by atoms with E-state index in [2.05, 4.69) is 16.7 Å². The molecule has 0 bridgehead atoms. The molecule has 5 aromatic rings. The second-order valence-electron chi connectivity index (χ2n) is 9.73. The molecule has 0 heterocycles. The molecule has 1 atom stereocenters. The molecule has 0 aliphatic rings.